The second-order valence-electron chi connectivity index (χ2n) is 12.4. The van der Waals surface area contributed by atoms with E-state index in [4.69, 9.17) is 10.7 Å². The first-order chi connectivity index (χ1) is 22.0. The molecule has 1 heterocycles. The molecular weight excluding hydrogens is 853 g/mol. The van der Waals surface area contributed by atoms with Gasteiger partial charge >= 0.3 is 23.1 Å². The molecule has 2 aliphatic carbocycles. The molecule has 0 amide bonds. The van der Waals surface area contributed by atoms with E-state index in [0.29, 0.717) is 28.6 Å². The first kappa shape index (κ1) is 45.8. The molecule has 4 aromatic carbocycles. The van der Waals surface area contributed by atoms with E-state index in [1.54, 1.807) is 12.1 Å². The average Bonchev–Trinajstić information content (AvgIpc) is 3.97. The van der Waals surface area contributed by atoms with Gasteiger partial charge in [0.15, 0.2) is 0 Å². The number of halogens is 3. The smallest absolute Gasteiger partial charge is 1.00 e. The number of benzene rings is 4. The van der Waals surface area contributed by atoms with E-state index in [-0.39, 0.29) is 58.5 Å². The van der Waals surface area contributed by atoms with E-state index in [0.717, 1.165) is 20.1 Å². The zero-order chi connectivity index (χ0) is 32.9. The fourth-order valence-electron chi connectivity index (χ4n) is 5.24. The SMILES string of the molecule is C.CC(C)(C)S(=O)N=C(c1cccc(Br)c1)c1ccccc1C#N.NC1=NC(c2cccc(Br)c2)(C2CC2)c2ccccc21.O.[Br-].[CH-]1CC1.[Mg+2]. The average molecular weight is 896 g/mol. The van der Waals surface area contributed by atoms with Crippen molar-refractivity contribution in [2.45, 2.75) is 64.2 Å². The minimum Gasteiger partial charge on any atom is -1.00 e. The summed E-state index contributed by atoms with van der Waals surface area (Å²) in [5.41, 5.74) is 12.1. The molecule has 3 aliphatic rings. The van der Waals surface area contributed by atoms with Crippen LogP contribution in [0.1, 0.15) is 87.3 Å². The standard InChI is InChI=1S/C18H17BrN2OS.C17H15BrN2.C3H5.CH4.BrH.Mg.H2O/c1-18(2,3)23(22)21-17(13-8-6-9-15(19)11-13)16-10-5-4-7-14(16)12-20;18-13-5-3-4-12(10-13)17(11-8-9-11)15-7-2-1-6-14(15)16(19)20-17;1-2-3-1;;;;/h4-11H,1-3H3;1-7,10-11H,8-9H2,(H2,19,20);1H,2-3H2;1H4;1H;;1H2/q;;-1;;;+2;/p-1. The Morgan fingerprint density at radius 1 is 0.960 bits per heavy atom. The Morgan fingerprint density at radius 3 is 2.10 bits per heavy atom. The summed E-state index contributed by atoms with van der Waals surface area (Å²) in [7, 11) is -1.42. The van der Waals surface area contributed by atoms with Crippen molar-refractivity contribution >= 4 is 77.4 Å². The normalized spacial score (nSPS) is 17.4. The number of rotatable bonds is 5. The molecule has 4 N–H and O–H groups in total. The second kappa shape index (κ2) is 20.2. The molecule has 0 aromatic heterocycles. The summed E-state index contributed by atoms with van der Waals surface area (Å²) in [5, 5.41) is 9.37. The van der Waals surface area contributed by atoms with E-state index in [1.165, 1.54) is 36.8 Å². The van der Waals surface area contributed by atoms with Crippen molar-refractivity contribution in [2.24, 2.45) is 21.0 Å². The van der Waals surface area contributed by atoms with Gasteiger partial charge in [0.25, 0.3) is 0 Å². The third kappa shape index (κ3) is 11.2. The molecule has 4 aromatic rings. The molecular formula is C39H43Br3MgN4O2S. The predicted molar refractivity (Wildman–Crippen MR) is 213 cm³/mol. The number of nitrogens with two attached hydrogens (primary N) is 1. The first-order valence-electron chi connectivity index (χ1n) is 15.3. The summed E-state index contributed by atoms with van der Waals surface area (Å²) < 4.78 is 18.5. The molecule has 6 nitrogen and oxygen atoms in total. The third-order valence-corrected chi connectivity index (χ3v) is 10.1. The van der Waals surface area contributed by atoms with Gasteiger partial charge in [0.05, 0.1) is 22.1 Å². The number of nitriles is 1. The Morgan fingerprint density at radius 2 is 1.54 bits per heavy atom. The summed E-state index contributed by atoms with van der Waals surface area (Å²) in [6.07, 6.45) is 7.44. The number of aliphatic imine (C=N–C) groups is 1. The largest absolute Gasteiger partial charge is 2.00 e. The number of amidine groups is 1. The molecule has 2 atom stereocenters. The van der Waals surface area contributed by atoms with Gasteiger partial charge in [-0.25, -0.2) is 17.1 Å². The molecule has 7 rings (SSSR count). The van der Waals surface area contributed by atoms with Crippen molar-refractivity contribution in [1.82, 2.24) is 0 Å². The number of nitrogens with zero attached hydrogens (tertiary/aromatic N) is 3. The molecule has 1 aliphatic heterocycles. The van der Waals surface area contributed by atoms with E-state index in [2.05, 4.69) is 91.2 Å². The van der Waals surface area contributed by atoms with Gasteiger partial charge in [0.2, 0.25) is 0 Å². The summed E-state index contributed by atoms with van der Waals surface area (Å²) in [6, 6.07) is 33.9. The van der Waals surface area contributed by atoms with Crippen LogP contribution in [0.4, 0.5) is 0 Å². The number of hydrogen-bond donors (Lipinski definition) is 1. The Kier molecular flexibility index (Phi) is 18.5. The molecule has 11 heteroatoms. The molecule has 260 valence electrons. The minimum atomic E-state index is -1.42. The van der Waals surface area contributed by atoms with E-state index >= 15 is 0 Å². The van der Waals surface area contributed by atoms with E-state index in [1.807, 2.05) is 63.2 Å². The molecule has 2 fully saturated rings. The molecule has 0 saturated heterocycles. The van der Waals surface area contributed by atoms with E-state index in [9.17, 15) is 9.47 Å². The van der Waals surface area contributed by atoms with Crippen LogP contribution in [0, 0.1) is 23.7 Å². The van der Waals surface area contributed by atoms with Crippen molar-refractivity contribution < 1.29 is 26.7 Å². The molecule has 2 saturated carbocycles. The zero-order valence-electron chi connectivity index (χ0n) is 27.8. The van der Waals surface area contributed by atoms with Crippen LogP contribution in [0.25, 0.3) is 0 Å². The Labute approximate surface area is 343 Å². The van der Waals surface area contributed by atoms with Gasteiger partial charge < -0.3 is 34.6 Å². The van der Waals surface area contributed by atoms with Gasteiger partial charge in [-0.3, -0.25) is 4.99 Å². The van der Waals surface area contributed by atoms with Crippen LogP contribution in [0.15, 0.2) is 115 Å². The third-order valence-electron chi connectivity index (χ3n) is 7.73. The summed E-state index contributed by atoms with van der Waals surface area (Å²) in [6.45, 7) is 5.63. The summed E-state index contributed by atoms with van der Waals surface area (Å²) >= 11 is 7.03. The van der Waals surface area contributed by atoms with Gasteiger partial charge in [0.1, 0.15) is 22.4 Å². The maximum Gasteiger partial charge on any atom is 2.00 e. The first-order valence-corrected chi connectivity index (χ1v) is 18.0. The van der Waals surface area contributed by atoms with Crippen LogP contribution in [0.3, 0.4) is 0 Å². The Bertz CT molecular complexity index is 1860. The Hall–Kier alpha value is -2.17. The summed E-state index contributed by atoms with van der Waals surface area (Å²) in [4.78, 5) is 4.93. The minimum absolute atomic E-state index is 0. The predicted octanol–water partition coefficient (Wildman–Crippen LogP) is 5.86. The quantitative estimate of drug-likeness (QED) is 0.154. The van der Waals surface area contributed by atoms with Crippen molar-refractivity contribution in [3.05, 3.63) is 146 Å². The molecule has 50 heavy (non-hydrogen) atoms. The summed E-state index contributed by atoms with van der Waals surface area (Å²) in [5.74, 6) is 1.24. The molecule has 0 radical (unpaired) electrons. The zero-order valence-corrected chi connectivity index (χ0v) is 34.8. The van der Waals surface area contributed by atoms with Crippen molar-refractivity contribution in [3.8, 4) is 6.07 Å². The molecule has 0 bridgehead atoms. The van der Waals surface area contributed by atoms with Gasteiger partial charge in [-0.15, -0.1) is 0 Å². The van der Waals surface area contributed by atoms with Gasteiger partial charge in [0, 0.05) is 25.6 Å². The second-order valence-corrected chi connectivity index (χ2v) is 16.2. The van der Waals surface area contributed by atoms with Gasteiger partial charge in [-0.1, -0.05) is 106 Å². The maximum atomic E-state index is 12.5. The van der Waals surface area contributed by atoms with Crippen LogP contribution in [0.5, 0.6) is 0 Å². The van der Waals surface area contributed by atoms with Crippen LogP contribution in [-0.4, -0.2) is 49.0 Å². The topological polar surface area (TPSA) is 123 Å². The monoisotopic (exact) mass is 892 g/mol. The van der Waals surface area contributed by atoms with Crippen LogP contribution < -0.4 is 22.7 Å². The fourth-order valence-corrected chi connectivity index (χ4v) is 6.68. The molecule has 0 spiro atoms. The van der Waals surface area contributed by atoms with Gasteiger partial charge in [-0.2, -0.15) is 9.66 Å². The van der Waals surface area contributed by atoms with E-state index < -0.39 is 15.7 Å². The van der Waals surface area contributed by atoms with Crippen molar-refractivity contribution in [2.75, 3.05) is 0 Å². The number of fused-ring (bicyclic) bond motifs is 1. The van der Waals surface area contributed by atoms with Crippen LogP contribution in [0.2, 0.25) is 0 Å². The van der Waals surface area contributed by atoms with Crippen molar-refractivity contribution in [1.29, 1.82) is 5.26 Å². The van der Waals surface area contributed by atoms with Gasteiger partial charge in [-0.05, 0) is 81.0 Å². The van der Waals surface area contributed by atoms with Crippen LogP contribution in [-0.2, 0) is 16.5 Å². The van der Waals surface area contributed by atoms with Crippen LogP contribution >= 0.6 is 31.9 Å². The van der Waals surface area contributed by atoms with Crippen molar-refractivity contribution in [3.63, 3.8) is 0 Å². The Balaban J connectivity index is 0.000000430. The number of hydrogen-bond acceptors (Lipinski definition) is 4. The fraction of sp³-hybridized carbons (Fsp3) is 0.282. The maximum absolute atomic E-state index is 12.5. The molecule has 2 unspecified atom stereocenters.